The van der Waals surface area contributed by atoms with Gasteiger partial charge in [0.2, 0.25) is 5.91 Å². The van der Waals surface area contributed by atoms with Crippen molar-refractivity contribution in [2.75, 3.05) is 17.7 Å². The lowest BCUT2D eigenvalue weighted by atomic mass is 10.1. The molecule has 23 heavy (non-hydrogen) atoms. The van der Waals surface area contributed by atoms with E-state index in [1.807, 2.05) is 45.0 Å². The average Bonchev–Trinajstić information content (AvgIpc) is 2.50. The molecule has 0 spiro atoms. The fourth-order valence-corrected chi connectivity index (χ4v) is 3.20. The zero-order valence-electron chi connectivity index (χ0n) is 14.1. The van der Waals surface area contributed by atoms with Gasteiger partial charge in [-0.25, -0.2) is 0 Å². The third-order valence-electron chi connectivity index (χ3n) is 3.45. The number of hydrogen-bond donors (Lipinski definition) is 1. The summed E-state index contributed by atoms with van der Waals surface area (Å²) in [5.41, 5.74) is 4.33. The molecule has 1 amide bonds. The number of aryl methyl sites for hydroxylation is 3. The molecule has 2 aromatic carbocycles. The molecule has 0 aromatic heterocycles. The maximum absolute atomic E-state index is 12.2. The number of amides is 1. The zero-order chi connectivity index (χ0) is 16.8. The summed E-state index contributed by atoms with van der Waals surface area (Å²) in [7, 11) is 0. The lowest BCUT2D eigenvalue weighted by Gasteiger charge is -2.12. The summed E-state index contributed by atoms with van der Waals surface area (Å²) < 4.78 is 5.41. The molecule has 2 rings (SSSR count). The SMILES string of the molecule is CCOc1ccc(SCC(=O)Nc2c(C)cc(C)cc2C)cc1. The Bertz CT molecular complexity index is 657. The van der Waals surface area contributed by atoms with Crippen LogP contribution in [0.1, 0.15) is 23.6 Å². The number of benzene rings is 2. The fourth-order valence-electron chi connectivity index (χ4n) is 2.50. The second-order valence-electron chi connectivity index (χ2n) is 5.51. The van der Waals surface area contributed by atoms with Gasteiger partial charge in [0.1, 0.15) is 5.75 Å². The molecular formula is C19H23NO2S. The molecule has 0 bridgehead atoms. The first-order valence-corrected chi connectivity index (χ1v) is 8.71. The molecule has 1 N–H and O–H groups in total. The summed E-state index contributed by atoms with van der Waals surface area (Å²) in [6.45, 7) is 8.73. The third kappa shape index (κ3) is 5.03. The summed E-state index contributed by atoms with van der Waals surface area (Å²) >= 11 is 1.52. The van der Waals surface area contributed by atoms with Crippen molar-refractivity contribution in [1.82, 2.24) is 0 Å². The Morgan fingerprint density at radius 1 is 1.09 bits per heavy atom. The minimum absolute atomic E-state index is 0.0129. The van der Waals surface area contributed by atoms with Gasteiger partial charge in [-0.05, 0) is 63.1 Å². The Hall–Kier alpha value is -1.94. The number of hydrogen-bond acceptors (Lipinski definition) is 3. The van der Waals surface area contributed by atoms with E-state index in [4.69, 9.17) is 4.74 Å². The third-order valence-corrected chi connectivity index (χ3v) is 4.46. The first-order chi connectivity index (χ1) is 11.0. The second-order valence-corrected chi connectivity index (χ2v) is 6.56. The van der Waals surface area contributed by atoms with Crippen LogP contribution in [-0.2, 0) is 4.79 Å². The molecular weight excluding hydrogens is 306 g/mol. The van der Waals surface area contributed by atoms with Crippen LogP contribution in [0.25, 0.3) is 0 Å². The van der Waals surface area contributed by atoms with Crippen LogP contribution >= 0.6 is 11.8 Å². The molecule has 0 atom stereocenters. The van der Waals surface area contributed by atoms with Crippen molar-refractivity contribution >= 4 is 23.4 Å². The van der Waals surface area contributed by atoms with E-state index < -0.39 is 0 Å². The Balaban J connectivity index is 1.93. The average molecular weight is 329 g/mol. The van der Waals surface area contributed by atoms with Crippen molar-refractivity contribution in [3.8, 4) is 5.75 Å². The summed E-state index contributed by atoms with van der Waals surface area (Å²) in [6.07, 6.45) is 0. The van der Waals surface area contributed by atoms with Gasteiger partial charge in [0.15, 0.2) is 0 Å². The Labute approximate surface area is 142 Å². The Kier molecular flexibility index (Phi) is 6.11. The molecule has 0 aliphatic heterocycles. The van der Waals surface area contributed by atoms with E-state index in [1.54, 1.807) is 0 Å². The van der Waals surface area contributed by atoms with Crippen LogP contribution in [0.3, 0.4) is 0 Å². The van der Waals surface area contributed by atoms with Gasteiger partial charge in [0.05, 0.1) is 12.4 Å². The fraction of sp³-hybridized carbons (Fsp3) is 0.316. The maximum Gasteiger partial charge on any atom is 0.234 e. The predicted octanol–water partition coefficient (Wildman–Crippen LogP) is 4.74. The highest BCUT2D eigenvalue weighted by molar-refractivity contribution is 8.00. The highest BCUT2D eigenvalue weighted by atomic mass is 32.2. The molecule has 4 heteroatoms. The van der Waals surface area contributed by atoms with Gasteiger partial charge >= 0.3 is 0 Å². The van der Waals surface area contributed by atoms with Crippen LogP contribution in [0.4, 0.5) is 5.69 Å². The molecule has 0 heterocycles. The van der Waals surface area contributed by atoms with Gasteiger partial charge in [-0.2, -0.15) is 0 Å². The van der Waals surface area contributed by atoms with Crippen molar-refractivity contribution in [2.24, 2.45) is 0 Å². The van der Waals surface area contributed by atoms with Crippen molar-refractivity contribution < 1.29 is 9.53 Å². The molecule has 0 radical (unpaired) electrons. The monoisotopic (exact) mass is 329 g/mol. The number of thioether (sulfide) groups is 1. The van der Waals surface area contributed by atoms with E-state index in [2.05, 4.69) is 24.4 Å². The van der Waals surface area contributed by atoms with E-state index in [9.17, 15) is 4.79 Å². The highest BCUT2D eigenvalue weighted by Crippen LogP contribution is 2.24. The topological polar surface area (TPSA) is 38.3 Å². The van der Waals surface area contributed by atoms with Gasteiger partial charge in [-0.15, -0.1) is 11.8 Å². The molecule has 0 fully saturated rings. The van der Waals surface area contributed by atoms with Crippen molar-refractivity contribution in [3.63, 3.8) is 0 Å². The van der Waals surface area contributed by atoms with Crippen molar-refractivity contribution in [2.45, 2.75) is 32.6 Å². The van der Waals surface area contributed by atoms with Crippen LogP contribution in [0.2, 0.25) is 0 Å². The molecule has 0 aliphatic rings. The first-order valence-electron chi connectivity index (χ1n) is 7.73. The maximum atomic E-state index is 12.2. The van der Waals surface area contributed by atoms with Crippen LogP contribution in [-0.4, -0.2) is 18.3 Å². The standard InChI is InChI=1S/C19H23NO2S/c1-5-22-16-6-8-17(9-7-16)23-12-18(21)20-19-14(3)10-13(2)11-15(19)4/h6-11H,5,12H2,1-4H3,(H,20,21). The largest absolute Gasteiger partial charge is 0.494 e. The van der Waals surface area contributed by atoms with Crippen LogP contribution < -0.4 is 10.1 Å². The lowest BCUT2D eigenvalue weighted by molar-refractivity contribution is -0.113. The van der Waals surface area contributed by atoms with Gasteiger partial charge in [0, 0.05) is 10.6 Å². The van der Waals surface area contributed by atoms with E-state index in [1.165, 1.54) is 17.3 Å². The predicted molar refractivity (Wildman–Crippen MR) is 97.6 cm³/mol. The van der Waals surface area contributed by atoms with Gasteiger partial charge in [-0.1, -0.05) is 17.7 Å². The lowest BCUT2D eigenvalue weighted by Crippen LogP contribution is -2.15. The number of carbonyl (C=O) groups excluding carboxylic acids is 1. The van der Waals surface area contributed by atoms with Gasteiger partial charge in [0.25, 0.3) is 0 Å². The van der Waals surface area contributed by atoms with Crippen molar-refractivity contribution in [3.05, 3.63) is 53.1 Å². The number of carbonyl (C=O) groups is 1. The number of rotatable bonds is 6. The smallest absolute Gasteiger partial charge is 0.234 e. The minimum atomic E-state index is 0.0129. The second kappa shape index (κ2) is 8.06. The molecule has 3 nitrogen and oxygen atoms in total. The number of ether oxygens (including phenoxy) is 1. The van der Waals surface area contributed by atoms with E-state index in [0.29, 0.717) is 12.4 Å². The number of nitrogens with one attached hydrogen (secondary N) is 1. The zero-order valence-corrected chi connectivity index (χ0v) is 14.9. The summed E-state index contributed by atoms with van der Waals surface area (Å²) in [4.78, 5) is 13.2. The van der Waals surface area contributed by atoms with Crippen LogP contribution in [0.5, 0.6) is 5.75 Å². The summed E-state index contributed by atoms with van der Waals surface area (Å²) in [5, 5.41) is 3.02. The van der Waals surface area contributed by atoms with Gasteiger partial charge in [-0.3, -0.25) is 4.79 Å². The molecule has 0 unspecified atom stereocenters. The summed E-state index contributed by atoms with van der Waals surface area (Å²) in [6, 6.07) is 12.0. The molecule has 2 aromatic rings. The van der Waals surface area contributed by atoms with Crippen LogP contribution in [0.15, 0.2) is 41.3 Å². The Morgan fingerprint density at radius 3 is 2.26 bits per heavy atom. The van der Waals surface area contributed by atoms with Crippen molar-refractivity contribution in [1.29, 1.82) is 0 Å². The summed E-state index contributed by atoms with van der Waals surface area (Å²) in [5.74, 6) is 1.26. The highest BCUT2D eigenvalue weighted by Gasteiger charge is 2.09. The minimum Gasteiger partial charge on any atom is -0.494 e. The molecule has 0 saturated carbocycles. The van der Waals surface area contributed by atoms with E-state index in [-0.39, 0.29) is 5.91 Å². The quantitative estimate of drug-likeness (QED) is 0.778. The molecule has 0 aliphatic carbocycles. The first kappa shape index (κ1) is 17.4. The van der Waals surface area contributed by atoms with Crippen LogP contribution in [0, 0.1) is 20.8 Å². The molecule has 122 valence electrons. The Morgan fingerprint density at radius 2 is 1.70 bits per heavy atom. The van der Waals surface area contributed by atoms with Gasteiger partial charge < -0.3 is 10.1 Å². The van der Waals surface area contributed by atoms with E-state index in [0.717, 1.165) is 27.5 Å². The normalized spacial score (nSPS) is 10.4. The van der Waals surface area contributed by atoms with E-state index >= 15 is 0 Å². The number of anilines is 1. The molecule has 0 saturated heterocycles.